The summed E-state index contributed by atoms with van der Waals surface area (Å²) in [6.45, 7) is 1.76. The van der Waals surface area contributed by atoms with Crippen LogP contribution in [0.2, 0.25) is 0 Å². The fourth-order valence-electron chi connectivity index (χ4n) is 1.53. The lowest BCUT2D eigenvalue weighted by Crippen LogP contribution is -2.34. The minimum Gasteiger partial charge on any atom is -0.347 e. The van der Waals surface area contributed by atoms with Crippen LogP contribution in [0.5, 0.6) is 0 Å². The number of carbonyl (C=O) groups excluding carboxylic acids is 1. The van der Waals surface area contributed by atoms with Crippen molar-refractivity contribution in [2.75, 3.05) is 0 Å². The van der Waals surface area contributed by atoms with Gasteiger partial charge in [0.15, 0.2) is 0 Å². The molecule has 0 atom stereocenters. The molecule has 18 heavy (non-hydrogen) atoms. The summed E-state index contributed by atoms with van der Waals surface area (Å²) in [6, 6.07) is 1.81. The number of carbonyl (C=O) groups is 1. The number of hydrogen-bond donors (Lipinski definition) is 1. The van der Waals surface area contributed by atoms with Gasteiger partial charge >= 0.3 is 6.18 Å². The summed E-state index contributed by atoms with van der Waals surface area (Å²) in [5.41, 5.74) is -2.01. The Kier molecular flexibility index (Phi) is 2.83. The quantitative estimate of drug-likeness (QED) is 0.814. The lowest BCUT2D eigenvalue weighted by Gasteiger charge is -2.13. The summed E-state index contributed by atoms with van der Waals surface area (Å²) in [4.78, 5) is 11.7. The SMILES string of the molecule is CC1(NC(=O)c2cc(C(F)(F)F)ccc2F)CC1. The summed E-state index contributed by atoms with van der Waals surface area (Å²) in [7, 11) is 0. The Labute approximate surface area is 101 Å². The molecule has 0 radical (unpaired) electrons. The third-order valence-electron chi connectivity index (χ3n) is 2.95. The molecule has 0 aromatic heterocycles. The fourth-order valence-corrected chi connectivity index (χ4v) is 1.53. The Morgan fingerprint density at radius 2 is 1.94 bits per heavy atom. The third-order valence-corrected chi connectivity index (χ3v) is 2.95. The van der Waals surface area contributed by atoms with E-state index in [9.17, 15) is 22.4 Å². The molecule has 0 unspecified atom stereocenters. The zero-order chi connectivity index (χ0) is 13.6. The van der Waals surface area contributed by atoms with E-state index in [1.807, 2.05) is 0 Å². The van der Waals surface area contributed by atoms with Gasteiger partial charge in [0.2, 0.25) is 0 Å². The predicted octanol–water partition coefficient (Wildman–Crippen LogP) is 3.13. The van der Waals surface area contributed by atoms with E-state index in [-0.39, 0.29) is 0 Å². The molecule has 1 saturated carbocycles. The van der Waals surface area contributed by atoms with Gasteiger partial charge in [-0.15, -0.1) is 0 Å². The number of alkyl halides is 3. The maximum atomic E-state index is 13.4. The van der Waals surface area contributed by atoms with Crippen molar-refractivity contribution in [3.8, 4) is 0 Å². The Bertz CT molecular complexity index is 491. The average Bonchev–Trinajstić information content (AvgIpc) is 2.94. The molecule has 0 aliphatic heterocycles. The average molecular weight is 261 g/mol. The molecule has 6 heteroatoms. The van der Waals surface area contributed by atoms with E-state index >= 15 is 0 Å². The Hall–Kier alpha value is -1.59. The van der Waals surface area contributed by atoms with Crippen LogP contribution in [-0.2, 0) is 6.18 Å². The molecular weight excluding hydrogens is 250 g/mol. The molecule has 0 spiro atoms. The molecular formula is C12H11F4NO. The zero-order valence-electron chi connectivity index (χ0n) is 9.57. The van der Waals surface area contributed by atoms with Crippen LogP contribution in [0, 0.1) is 5.82 Å². The van der Waals surface area contributed by atoms with Crippen molar-refractivity contribution in [3.05, 3.63) is 35.1 Å². The van der Waals surface area contributed by atoms with Gasteiger partial charge in [-0.2, -0.15) is 13.2 Å². The van der Waals surface area contributed by atoms with E-state index in [1.165, 1.54) is 0 Å². The van der Waals surface area contributed by atoms with Crippen LogP contribution in [0.4, 0.5) is 17.6 Å². The van der Waals surface area contributed by atoms with E-state index in [0.717, 1.165) is 12.8 Å². The van der Waals surface area contributed by atoms with Gasteiger partial charge in [-0.25, -0.2) is 4.39 Å². The van der Waals surface area contributed by atoms with Gasteiger partial charge in [0.05, 0.1) is 11.1 Å². The maximum Gasteiger partial charge on any atom is 0.416 e. The molecule has 0 saturated heterocycles. The van der Waals surface area contributed by atoms with Crippen molar-refractivity contribution in [2.24, 2.45) is 0 Å². The number of amides is 1. The monoisotopic (exact) mass is 261 g/mol. The summed E-state index contributed by atoms with van der Waals surface area (Å²) < 4.78 is 50.8. The van der Waals surface area contributed by atoms with Gasteiger partial charge in [-0.3, -0.25) is 4.79 Å². The van der Waals surface area contributed by atoms with Crippen molar-refractivity contribution in [1.29, 1.82) is 0 Å². The smallest absolute Gasteiger partial charge is 0.347 e. The Balaban J connectivity index is 2.28. The molecule has 1 aliphatic rings. The van der Waals surface area contributed by atoms with Crippen LogP contribution >= 0.6 is 0 Å². The van der Waals surface area contributed by atoms with Gasteiger partial charge < -0.3 is 5.32 Å². The van der Waals surface area contributed by atoms with Crippen LogP contribution < -0.4 is 5.32 Å². The van der Waals surface area contributed by atoms with Crippen molar-refractivity contribution < 1.29 is 22.4 Å². The number of hydrogen-bond acceptors (Lipinski definition) is 1. The minimum atomic E-state index is -4.59. The number of nitrogens with one attached hydrogen (secondary N) is 1. The Morgan fingerprint density at radius 3 is 2.44 bits per heavy atom. The van der Waals surface area contributed by atoms with Gasteiger partial charge in [0.25, 0.3) is 5.91 Å². The standard InChI is InChI=1S/C12H11F4NO/c1-11(4-5-11)17-10(18)8-6-7(12(14,15)16)2-3-9(8)13/h2-3,6H,4-5H2,1H3,(H,17,18). The molecule has 2 rings (SSSR count). The second-order valence-corrected chi connectivity index (χ2v) is 4.71. The lowest BCUT2D eigenvalue weighted by atomic mass is 10.1. The molecule has 1 aliphatic carbocycles. The highest BCUT2D eigenvalue weighted by Gasteiger charge is 2.39. The molecule has 1 fully saturated rings. The van der Waals surface area contributed by atoms with E-state index in [1.54, 1.807) is 6.92 Å². The maximum absolute atomic E-state index is 13.4. The first-order valence-corrected chi connectivity index (χ1v) is 5.41. The summed E-state index contributed by atoms with van der Waals surface area (Å²) >= 11 is 0. The first kappa shape index (κ1) is 12.9. The van der Waals surface area contributed by atoms with Crippen LogP contribution in [-0.4, -0.2) is 11.4 Å². The first-order valence-electron chi connectivity index (χ1n) is 5.41. The molecule has 2 nitrogen and oxygen atoms in total. The second kappa shape index (κ2) is 3.96. The van der Waals surface area contributed by atoms with E-state index in [0.29, 0.717) is 18.2 Å². The highest BCUT2D eigenvalue weighted by atomic mass is 19.4. The van der Waals surface area contributed by atoms with Crippen molar-refractivity contribution in [3.63, 3.8) is 0 Å². The summed E-state index contributed by atoms with van der Waals surface area (Å²) in [5, 5.41) is 2.52. The Morgan fingerprint density at radius 1 is 1.33 bits per heavy atom. The number of benzene rings is 1. The number of rotatable bonds is 2. The molecule has 98 valence electrons. The lowest BCUT2D eigenvalue weighted by molar-refractivity contribution is -0.137. The van der Waals surface area contributed by atoms with E-state index in [4.69, 9.17) is 0 Å². The highest BCUT2D eigenvalue weighted by Crippen LogP contribution is 2.35. The molecule has 1 aromatic carbocycles. The third kappa shape index (κ3) is 2.63. The zero-order valence-corrected chi connectivity index (χ0v) is 9.57. The molecule has 0 bridgehead atoms. The molecule has 1 aromatic rings. The largest absolute Gasteiger partial charge is 0.416 e. The minimum absolute atomic E-state index is 0.405. The summed E-state index contributed by atoms with van der Waals surface area (Å²) in [5.74, 6) is -1.76. The van der Waals surface area contributed by atoms with Crippen LogP contribution in [0.1, 0.15) is 35.7 Å². The second-order valence-electron chi connectivity index (χ2n) is 4.71. The predicted molar refractivity (Wildman–Crippen MR) is 56.5 cm³/mol. The number of halogens is 4. The van der Waals surface area contributed by atoms with Gasteiger partial charge in [-0.05, 0) is 38.0 Å². The molecule has 0 heterocycles. The van der Waals surface area contributed by atoms with Crippen LogP contribution in [0.3, 0.4) is 0 Å². The molecule has 1 amide bonds. The van der Waals surface area contributed by atoms with Gasteiger partial charge in [0.1, 0.15) is 5.82 Å². The normalized spacial score (nSPS) is 17.4. The molecule has 1 N–H and O–H groups in total. The van der Waals surface area contributed by atoms with Crippen LogP contribution in [0.25, 0.3) is 0 Å². The van der Waals surface area contributed by atoms with E-state index in [2.05, 4.69) is 5.32 Å². The summed E-state index contributed by atoms with van der Waals surface area (Å²) in [6.07, 6.45) is -3.09. The van der Waals surface area contributed by atoms with Crippen molar-refractivity contribution in [1.82, 2.24) is 5.32 Å². The van der Waals surface area contributed by atoms with Crippen molar-refractivity contribution in [2.45, 2.75) is 31.5 Å². The van der Waals surface area contributed by atoms with Crippen LogP contribution in [0.15, 0.2) is 18.2 Å². The van der Waals surface area contributed by atoms with Gasteiger partial charge in [0, 0.05) is 5.54 Å². The fraction of sp³-hybridized carbons (Fsp3) is 0.417. The first-order chi connectivity index (χ1) is 8.21. The van der Waals surface area contributed by atoms with E-state index < -0.39 is 34.6 Å². The topological polar surface area (TPSA) is 29.1 Å². The van der Waals surface area contributed by atoms with Gasteiger partial charge in [-0.1, -0.05) is 0 Å². The highest BCUT2D eigenvalue weighted by molar-refractivity contribution is 5.95. The van der Waals surface area contributed by atoms with Crippen molar-refractivity contribution >= 4 is 5.91 Å².